The monoisotopic (exact) mass is 320 g/mol. The van der Waals surface area contributed by atoms with E-state index in [1.54, 1.807) is 40.7 Å². The van der Waals surface area contributed by atoms with Crippen LogP contribution >= 0.6 is 11.6 Å². The summed E-state index contributed by atoms with van der Waals surface area (Å²) in [7, 11) is 1.74. The second kappa shape index (κ2) is 5.81. The Kier molecular flexibility index (Phi) is 3.85. The Labute approximate surface area is 131 Å². The van der Waals surface area contributed by atoms with Crippen LogP contribution in [0.4, 0.5) is 4.39 Å². The van der Waals surface area contributed by atoms with Gasteiger partial charge in [0.2, 0.25) is 0 Å². The summed E-state index contributed by atoms with van der Waals surface area (Å²) in [6.45, 7) is 0.914. The van der Waals surface area contributed by atoms with Crippen LogP contribution < -0.4 is 5.32 Å². The van der Waals surface area contributed by atoms with Gasteiger partial charge in [-0.15, -0.1) is 0 Å². The number of carbonyl (C=O) groups is 1. The van der Waals surface area contributed by atoms with Crippen molar-refractivity contribution in [1.29, 1.82) is 0 Å². The van der Waals surface area contributed by atoms with Crippen LogP contribution in [0.3, 0.4) is 0 Å². The lowest BCUT2D eigenvalue weighted by Crippen LogP contribution is -2.28. The molecule has 3 aromatic rings. The average Bonchev–Trinajstić information content (AvgIpc) is 3.04. The maximum absolute atomic E-state index is 13.7. The van der Waals surface area contributed by atoms with E-state index >= 15 is 0 Å². The highest BCUT2D eigenvalue weighted by atomic mass is 35.5. The predicted octanol–water partition coefficient (Wildman–Crippen LogP) is 2.60. The van der Waals surface area contributed by atoms with E-state index in [9.17, 15) is 9.18 Å². The van der Waals surface area contributed by atoms with Crippen molar-refractivity contribution >= 4 is 28.4 Å². The van der Waals surface area contributed by atoms with Crippen molar-refractivity contribution in [3.63, 3.8) is 0 Å². The van der Waals surface area contributed by atoms with Gasteiger partial charge in [-0.05, 0) is 18.2 Å². The van der Waals surface area contributed by atoms with Crippen molar-refractivity contribution in [3.05, 3.63) is 53.2 Å². The summed E-state index contributed by atoms with van der Waals surface area (Å²) in [6.07, 6.45) is 3.22. The molecule has 1 amide bonds. The molecular weight excluding hydrogens is 307 g/mol. The molecule has 0 saturated heterocycles. The normalized spacial score (nSPS) is 11.0. The quantitative estimate of drug-likeness (QED) is 0.803. The first kappa shape index (κ1) is 14.6. The van der Waals surface area contributed by atoms with Crippen molar-refractivity contribution < 1.29 is 9.18 Å². The Morgan fingerprint density at radius 2 is 2.27 bits per heavy atom. The summed E-state index contributed by atoms with van der Waals surface area (Å²) in [6, 6.07) is 6.35. The first-order chi connectivity index (χ1) is 10.6. The number of hydrogen-bond acceptors (Lipinski definition) is 2. The number of nitrogens with zero attached hydrogens (tertiary/aromatic N) is 3. The number of rotatable bonds is 4. The van der Waals surface area contributed by atoms with Crippen LogP contribution in [0.1, 0.15) is 10.5 Å². The summed E-state index contributed by atoms with van der Waals surface area (Å²) < 4.78 is 17.1. The predicted molar refractivity (Wildman–Crippen MR) is 82.4 cm³/mol. The minimum Gasteiger partial charge on any atom is -0.349 e. The molecule has 0 fully saturated rings. The Morgan fingerprint density at radius 1 is 1.45 bits per heavy atom. The number of halogens is 2. The summed E-state index contributed by atoms with van der Waals surface area (Å²) in [4.78, 5) is 12.2. The molecule has 2 aromatic heterocycles. The third kappa shape index (κ3) is 2.69. The zero-order valence-electron chi connectivity index (χ0n) is 11.9. The maximum Gasteiger partial charge on any atom is 0.267 e. The molecule has 0 aliphatic carbocycles. The number of carbonyl (C=O) groups excluding carboxylic acids is 1. The third-order valence-corrected chi connectivity index (χ3v) is 3.69. The number of hydrogen-bond donors (Lipinski definition) is 1. The number of benzene rings is 1. The van der Waals surface area contributed by atoms with Gasteiger partial charge in [-0.2, -0.15) is 5.10 Å². The number of amides is 1. The van der Waals surface area contributed by atoms with Crippen LogP contribution in [0.15, 0.2) is 36.7 Å². The fraction of sp³-hybridized carbons (Fsp3) is 0.200. The Bertz CT molecular complexity index is 839. The van der Waals surface area contributed by atoms with Crippen molar-refractivity contribution in [2.45, 2.75) is 6.54 Å². The number of aryl methyl sites for hydroxylation is 1. The summed E-state index contributed by atoms with van der Waals surface area (Å²) >= 11 is 5.77. The minimum absolute atomic E-state index is 0.253. The first-order valence-electron chi connectivity index (χ1n) is 6.76. The molecule has 114 valence electrons. The topological polar surface area (TPSA) is 51.9 Å². The average molecular weight is 321 g/mol. The molecule has 7 heteroatoms. The highest BCUT2D eigenvalue weighted by molar-refractivity contribution is 6.30. The van der Waals surface area contributed by atoms with E-state index in [1.165, 1.54) is 12.3 Å². The van der Waals surface area contributed by atoms with E-state index in [4.69, 9.17) is 11.6 Å². The van der Waals surface area contributed by atoms with E-state index in [0.29, 0.717) is 34.7 Å². The van der Waals surface area contributed by atoms with E-state index in [-0.39, 0.29) is 11.7 Å². The second-order valence-corrected chi connectivity index (χ2v) is 5.38. The van der Waals surface area contributed by atoms with Crippen LogP contribution in [0.25, 0.3) is 10.9 Å². The van der Waals surface area contributed by atoms with Crippen molar-refractivity contribution in [2.75, 3.05) is 6.54 Å². The lowest BCUT2D eigenvalue weighted by molar-refractivity contribution is 0.0944. The molecule has 0 aliphatic heterocycles. The molecule has 1 N–H and O–H groups in total. The van der Waals surface area contributed by atoms with Gasteiger partial charge in [0.05, 0.1) is 23.3 Å². The summed E-state index contributed by atoms with van der Waals surface area (Å²) in [5, 5.41) is 7.81. The van der Waals surface area contributed by atoms with Crippen LogP contribution in [0.2, 0.25) is 5.02 Å². The summed E-state index contributed by atoms with van der Waals surface area (Å²) in [5.74, 6) is -0.588. The van der Waals surface area contributed by atoms with Gasteiger partial charge in [-0.3, -0.25) is 9.48 Å². The lowest BCUT2D eigenvalue weighted by Gasteiger charge is -2.06. The van der Waals surface area contributed by atoms with Crippen molar-refractivity contribution in [1.82, 2.24) is 19.7 Å². The van der Waals surface area contributed by atoms with E-state index in [1.807, 2.05) is 0 Å². The highest BCUT2D eigenvalue weighted by Gasteiger charge is 2.14. The van der Waals surface area contributed by atoms with Crippen LogP contribution in [0, 0.1) is 5.82 Å². The largest absolute Gasteiger partial charge is 0.349 e. The molecule has 0 aliphatic rings. The Hall–Kier alpha value is -2.34. The van der Waals surface area contributed by atoms with Gasteiger partial charge < -0.3 is 9.88 Å². The van der Waals surface area contributed by atoms with Crippen LogP contribution in [-0.2, 0) is 13.6 Å². The zero-order valence-corrected chi connectivity index (χ0v) is 12.6. The third-order valence-electron chi connectivity index (χ3n) is 3.49. The van der Waals surface area contributed by atoms with Gasteiger partial charge in [0.25, 0.3) is 5.91 Å². The molecule has 0 radical (unpaired) electrons. The molecule has 0 saturated carbocycles. The number of nitrogens with one attached hydrogen (secondary N) is 1. The van der Waals surface area contributed by atoms with Gasteiger partial charge in [0.1, 0.15) is 11.5 Å². The van der Waals surface area contributed by atoms with Crippen molar-refractivity contribution in [2.24, 2.45) is 7.05 Å². The summed E-state index contributed by atoms with van der Waals surface area (Å²) in [5.41, 5.74) is 1.10. The fourth-order valence-corrected chi connectivity index (χ4v) is 2.53. The second-order valence-electron chi connectivity index (χ2n) is 4.94. The molecule has 2 heterocycles. The van der Waals surface area contributed by atoms with Gasteiger partial charge in [0, 0.05) is 25.2 Å². The molecule has 5 nitrogen and oxygen atoms in total. The molecule has 22 heavy (non-hydrogen) atoms. The molecule has 0 spiro atoms. The molecular formula is C15H14ClFN4O. The van der Waals surface area contributed by atoms with Gasteiger partial charge in [0.15, 0.2) is 0 Å². The van der Waals surface area contributed by atoms with Gasteiger partial charge in [-0.1, -0.05) is 17.7 Å². The van der Waals surface area contributed by atoms with Crippen LogP contribution in [0.5, 0.6) is 0 Å². The first-order valence-corrected chi connectivity index (χ1v) is 7.14. The van der Waals surface area contributed by atoms with Crippen molar-refractivity contribution in [3.8, 4) is 0 Å². The standard InChI is InChI=1S/C15H14ClFN4O/c1-20-13-4-2-3-12(17)11(13)7-14(20)15(22)18-5-6-21-9-10(16)8-19-21/h2-4,7-9H,5-6H2,1H3,(H,18,22). The number of fused-ring (bicyclic) bond motifs is 1. The molecule has 3 rings (SSSR count). The van der Waals surface area contributed by atoms with Crippen LogP contribution in [-0.4, -0.2) is 26.8 Å². The molecule has 1 aromatic carbocycles. The molecule has 0 unspecified atom stereocenters. The van der Waals surface area contributed by atoms with Gasteiger partial charge in [-0.25, -0.2) is 4.39 Å². The Morgan fingerprint density at radius 3 is 2.95 bits per heavy atom. The minimum atomic E-state index is -0.335. The molecule has 0 atom stereocenters. The molecule has 0 bridgehead atoms. The van der Waals surface area contributed by atoms with E-state index in [2.05, 4.69) is 10.4 Å². The smallest absolute Gasteiger partial charge is 0.267 e. The number of aromatic nitrogens is 3. The van der Waals surface area contributed by atoms with E-state index in [0.717, 1.165) is 0 Å². The lowest BCUT2D eigenvalue weighted by atomic mass is 10.2. The SMILES string of the molecule is Cn1c(C(=O)NCCn2cc(Cl)cn2)cc2c(F)cccc21. The van der Waals surface area contributed by atoms with Gasteiger partial charge >= 0.3 is 0 Å². The maximum atomic E-state index is 13.7. The zero-order chi connectivity index (χ0) is 15.7. The Balaban J connectivity index is 1.72. The fourth-order valence-electron chi connectivity index (χ4n) is 2.38. The highest BCUT2D eigenvalue weighted by Crippen LogP contribution is 2.21. The van der Waals surface area contributed by atoms with E-state index < -0.39 is 0 Å².